The molecule has 0 saturated carbocycles. The van der Waals surface area contributed by atoms with Gasteiger partial charge >= 0.3 is 6.18 Å². The van der Waals surface area contributed by atoms with E-state index in [1.165, 1.54) is 0 Å². The number of anilines is 1. The molecule has 1 aromatic rings. The van der Waals surface area contributed by atoms with Gasteiger partial charge in [-0.2, -0.15) is 13.2 Å². The lowest BCUT2D eigenvalue weighted by Gasteiger charge is -2.21. The number of aliphatic hydroxyl groups excluding tert-OH is 2. The van der Waals surface area contributed by atoms with Crippen LogP contribution in [0, 0.1) is 5.82 Å². The highest BCUT2D eigenvalue weighted by Crippen LogP contribution is 2.37. The molecule has 10 heteroatoms. The van der Waals surface area contributed by atoms with E-state index in [0.29, 0.717) is 12.1 Å². The van der Waals surface area contributed by atoms with Gasteiger partial charge in [0.1, 0.15) is 11.9 Å². The zero-order valence-electron chi connectivity index (χ0n) is 9.84. The Morgan fingerprint density at radius 3 is 2.45 bits per heavy atom. The first kappa shape index (κ1) is 16.0. The summed E-state index contributed by atoms with van der Waals surface area (Å²) >= 11 is 0. The van der Waals surface area contributed by atoms with Gasteiger partial charge in [0, 0.05) is 4.91 Å². The Bertz CT molecular complexity index is 543. The van der Waals surface area contributed by atoms with Gasteiger partial charge in [-0.1, -0.05) is 5.11 Å². The van der Waals surface area contributed by atoms with Crippen molar-refractivity contribution in [3.8, 4) is 0 Å². The fourth-order valence-electron chi connectivity index (χ4n) is 1.52. The minimum Gasteiger partial charge on any atom is -0.396 e. The van der Waals surface area contributed by atoms with Crippen LogP contribution in [0.2, 0.25) is 0 Å². The summed E-state index contributed by atoms with van der Waals surface area (Å²) in [4.78, 5) is 2.29. The molecule has 0 aliphatic heterocycles. The second kappa shape index (κ2) is 5.95. The first-order valence-electron chi connectivity index (χ1n) is 5.21. The van der Waals surface area contributed by atoms with Gasteiger partial charge in [-0.25, -0.2) is 4.39 Å². The Balaban J connectivity index is 3.28. The number of hydrogen-bond acceptors (Lipinski definition) is 4. The van der Waals surface area contributed by atoms with E-state index < -0.39 is 47.6 Å². The zero-order valence-corrected chi connectivity index (χ0v) is 9.84. The van der Waals surface area contributed by atoms with Crippen molar-refractivity contribution in [1.29, 1.82) is 0 Å². The van der Waals surface area contributed by atoms with Crippen LogP contribution < -0.4 is 5.73 Å². The van der Waals surface area contributed by atoms with Gasteiger partial charge in [0.25, 0.3) is 0 Å². The van der Waals surface area contributed by atoms with Crippen LogP contribution in [0.1, 0.15) is 17.2 Å². The van der Waals surface area contributed by atoms with Gasteiger partial charge in [0.15, 0.2) is 0 Å². The molecule has 2 unspecified atom stereocenters. The summed E-state index contributed by atoms with van der Waals surface area (Å²) < 4.78 is 51.6. The van der Waals surface area contributed by atoms with E-state index in [9.17, 15) is 27.8 Å². The molecule has 1 rings (SSSR count). The highest BCUT2D eigenvalue weighted by atomic mass is 19.4. The van der Waals surface area contributed by atoms with E-state index >= 15 is 0 Å². The van der Waals surface area contributed by atoms with Crippen LogP contribution in [0.15, 0.2) is 17.2 Å². The number of alkyl halides is 3. The third-order valence-electron chi connectivity index (χ3n) is 2.49. The van der Waals surface area contributed by atoms with Gasteiger partial charge in [0.05, 0.1) is 23.9 Å². The SMILES string of the molecule is [N-]=[N+]=NCC(O)C(O)c1cc(F)c(N)cc1C(F)(F)F. The zero-order chi connectivity index (χ0) is 15.5. The van der Waals surface area contributed by atoms with E-state index in [1.54, 1.807) is 0 Å². The fourth-order valence-corrected chi connectivity index (χ4v) is 1.52. The minimum atomic E-state index is -4.89. The summed E-state index contributed by atoms with van der Waals surface area (Å²) in [5.74, 6) is -1.16. The maximum Gasteiger partial charge on any atom is 0.416 e. The van der Waals surface area contributed by atoms with Crippen molar-refractivity contribution in [2.75, 3.05) is 12.3 Å². The number of nitrogens with two attached hydrogens (primary N) is 1. The fraction of sp³-hybridized carbons (Fsp3) is 0.400. The van der Waals surface area contributed by atoms with Crippen LogP contribution in [-0.2, 0) is 6.18 Å². The van der Waals surface area contributed by atoms with E-state index in [-0.39, 0.29) is 0 Å². The maximum absolute atomic E-state index is 13.3. The molecule has 20 heavy (non-hydrogen) atoms. The van der Waals surface area contributed by atoms with E-state index in [2.05, 4.69) is 10.0 Å². The first-order chi connectivity index (χ1) is 9.18. The molecular weight excluding hydrogens is 284 g/mol. The van der Waals surface area contributed by atoms with Gasteiger partial charge in [-0.3, -0.25) is 0 Å². The second-order valence-electron chi connectivity index (χ2n) is 3.88. The Morgan fingerprint density at radius 2 is 1.95 bits per heavy atom. The van der Waals surface area contributed by atoms with Gasteiger partial charge in [0.2, 0.25) is 0 Å². The summed E-state index contributed by atoms with van der Waals surface area (Å²) in [5, 5.41) is 22.0. The number of azide groups is 1. The number of aliphatic hydroxyl groups is 2. The van der Waals surface area contributed by atoms with Crippen LogP contribution in [0.5, 0.6) is 0 Å². The Kier molecular flexibility index (Phi) is 4.77. The molecule has 110 valence electrons. The lowest BCUT2D eigenvalue weighted by atomic mass is 9.97. The monoisotopic (exact) mass is 294 g/mol. The first-order valence-corrected chi connectivity index (χ1v) is 5.21. The molecule has 0 aromatic heterocycles. The molecule has 0 radical (unpaired) electrons. The van der Waals surface area contributed by atoms with Crippen LogP contribution in [0.4, 0.5) is 23.2 Å². The highest BCUT2D eigenvalue weighted by Gasteiger charge is 2.37. The molecule has 4 N–H and O–H groups in total. The molecule has 0 aliphatic carbocycles. The molecule has 0 spiro atoms. The van der Waals surface area contributed by atoms with E-state index in [1.807, 2.05) is 0 Å². The molecule has 0 heterocycles. The molecule has 0 aliphatic rings. The third-order valence-corrected chi connectivity index (χ3v) is 2.49. The molecule has 0 amide bonds. The van der Waals surface area contributed by atoms with Gasteiger partial charge in [-0.05, 0) is 23.2 Å². The number of nitrogen functional groups attached to an aromatic ring is 1. The van der Waals surface area contributed by atoms with E-state index in [0.717, 1.165) is 0 Å². The molecule has 2 atom stereocenters. The predicted octanol–water partition coefficient (Wildman–Crippen LogP) is 2.13. The van der Waals surface area contributed by atoms with Crippen molar-refractivity contribution >= 4 is 5.69 Å². The number of rotatable bonds is 4. The standard InChI is InChI=1S/C10H10F4N4O2/c11-6-1-4(9(20)8(19)3-17-18-16)5(2-7(6)15)10(12,13)14/h1-2,8-9,19-20H,3,15H2. The van der Waals surface area contributed by atoms with Crippen molar-refractivity contribution in [1.82, 2.24) is 0 Å². The summed E-state index contributed by atoms with van der Waals surface area (Å²) in [6.45, 7) is -0.666. The Hall–Kier alpha value is -2.03. The number of nitrogens with zero attached hydrogens (tertiary/aromatic N) is 3. The summed E-state index contributed by atoms with van der Waals surface area (Å²) in [6.07, 6.45) is -8.78. The molecule has 1 aromatic carbocycles. The van der Waals surface area contributed by atoms with Crippen LogP contribution in [0.3, 0.4) is 0 Å². The lowest BCUT2D eigenvalue weighted by Crippen LogP contribution is -2.24. The maximum atomic E-state index is 13.3. The van der Waals surface area contributed by atoms with Crippen molar-refractivity contribution in [3.05, 3.63) is 39.5 Å². The van der Waals surface area contributed by atoms with Crippen molar-refractivity contribution in [2.45, 2.75) is 18.4 Å². The summed E-state index contributed by atoms with van der Waals surface area (Å²) in [7, 11) is 0. The third kappa shape index (κ3) is 3.50. The molecule has 6 nitrogen and oxygen atoms in total. The minimum absolute atomic E-state index is 0.328. The normalized spacial score (nSPS) is 14.5. The smallest absolute Gasteiger partial charge is 0.396 e. The summed E-state index contributed by atoms with van der Waals surface area (Å²) in [5.41, 5.74) is 10.1. The second-order valence-corrected chi connectivity index (χ2v) is 3.88. The van der Waals surface area contributed by atoms with Gasteiger partial charge in [-0.15, -0.1) is 0 Å². The summed E-state index contributed by atoms with van der Waals surface area (Å²) in [6, 6.07) is 0.719. The quantitative estimate of drug-likeness (QED) is 0.260. The average molecular weight is 294 g/mol. The molecular formula is C10H10F4N4O2. The Morgan fingerprint density at radius 1 is 1.35 bits per heavy atom. The molecule has 0 saturated heterocycles. The van der Waals surface area contributed by atoms with Gasteiger partial charge < -0.3 is 15.9 Å². The van der Waals surface area contributed by atoms with Crippen molar-refractivity contribution in [3.63, 3.8) is 0 Å². The lowest BCUT2D eigenvalue weighted by molar-refractivity contribution is -0.139. The van der Waals surface area contributed by atoms with Crippen LogP contribution in [-0.4, -0.2) is 22.9 Å². The molecule has 0 bridgehead atoms. The van der Waals surface area contributed by atoms with Crippen LogP contribution in [0.25, 0.3) is 10.4 Å². The Labute approximate surface area is 110 Å². The van der Waals surface area contributed by atoms with Crippen molar-refractivity contribution < 1.29 is 27.8 Å². The predicted molar refractivity (Wildman–Crippen MR) is 60.8 cm³/mol. The highest BCUT2D eigenvalue weighted by molar-refractivity contribution is 5.48. The van der Waals surface area contributed by atoms with Crippen molar-refractivity contribution in [2.24, 2.45) is 5.11 Å². The number of benzene rings is 1. The topological polar surface area (TPSA) is 115 Å². The molecule has 0 fully saturated rings. The average Bonchev–Trinajstić information content (AvgIpc) is 2.36. The number of halogens is 4. The van der Waals surface area contributed by atoms with E-state index in [4.69, 9.17) is 11.3 Å². The van der Waals surface area contributed by atoms with Crippen LogP contribution >= 0.6 is 0 Å². The largest absolute Gasteiger partial charge is 0.416 e. The number of hydrogen-bond donors (Lipinski definition) is 3.